The van der Waals surface area contributed by atoms with E-state index in [1.165, 1.54) is 6.92 Å². The summed E-state index contributed by atoms with van der Waals surface area (Å²) >= 11 is 0. The zero-order valence-electron chi connectivity index (χ0n) is 13.7. The second kappa shape index (κ2) is 6.22. The average molecular weight is 337 g/mol. The number of fused-ring (bicyclic) bond motifs is 1. The summed E-state index contributed by atoms with van der Waals surface area (Å²) in [5.41, 5.74) is 1.78. The van der Waals surface area contributed by atoms with Crippen LogP contribution in [0.2, 0.25) is 0 Å². The fraction of sp³-hybridized carbons (Fsp3) is 0.562. The van der Waals surface area contributed by atoms with Crippen LogP contribution in [0.1, 0.15) is 19.4 Å². The molecule has 1 aromatic carbocycles. The maximum absolute atomic E-state index is 12.8. The van der Waals surface area contributed by atoms with E-state index >= 15 is 0 Å². The third-order valence-corrected chi connectivity index (χ3v) is 6.64. The molecule has 0 aliphatic carbocycles. The highest BCUT2D eigenvalue weighted by Crippen LogP contribution is 2.31. The van der Waals surface area contributed by atoms with E-state index in [-0.39, 0.29) is 5.91 Å². The summed E-state index contributed by atoms with van der Waals surface area (Å²) in [6.07, 6.45) is 0.710. The molecular weight excluding hydrogens is 314 g/mol. The van der Waals surface area contributed by atoms with Gasteiger partial charge in [0, 0.05) is 45.3 Å². The number of hydrogen-bond donors (Lipinski definition) is 0. The van der Waals surface area contributed by atoms with Crippen LogP contribution in [-0.2, 0) is 21.2 Å². The molecule has 7 heteroatoms. The summed E-state index contributed by atoms with van der Waals surface area (Å²) in [5, 5.41) is 0. The quantitative estimate of drug-likeness (QED) is 0.823. The molecule has 0 N–H and O–H groups in total. The van der Waals surface area contributed by atoms with E-state index in [4.69, 9.17) is 0 Å². The van der Waals surface area contributed by atoms with Gasteiger partial charge in [-0.15, -0.1) is 0 Å². The summed E-state index contributed by atoms with van der Waals surface area (Å²) in [7, 11) is -3.45. The Morgan fingerprint density at radius 2 is 1.83 bits per heavy atom. The predicted molar refractivity (Wildman–Crippen MR) is 89.0 cm³/mol. The molecule has 1 fully saturated rings. The first kappa shape index (κ1) is 16.4. The van der Waals surface area contributed by atoms with Gasteiger partial charge in [-0.2, -0.15) is 4.31 Å². The first-order valence-corrected chi connectivity index (χ1v) is 9.51. The monoisotopic (exact) mass is 337 g/mol. The van der Waals surface area contributed by atoms with E-state index in [1.807, 2.05) is 0 Å². The van der Waals surface area contributed by atoms with Crippen LogP contribution in [0.5, 0.6) is 0 Å². The number of piperazine rings is 1. The van der Waals surface area contributed by atoms with Gasteiger partial charge in [-0.3, -0.25) is 4.79 Å². The normalized spacial score (nSPS) is 19.8. The van der Waals surface area contributed by atoms with Gasteiger partial charge in [-0.25, -0.2) is 8.42 Å². The molecule has 0 radical (unpaired) electrons. The van der Waals surface area contributed by atoms with Gasteiger partial charge in [-0.1, -0.05) is 6.92 Å². The lowest BCUT2D eigenvalue weighted by Crippen LogP contribution is -2.48. The van der Waals surface area contributed by atoms with E-state index in [9.17, 15) is 13.2 Å². The molecule has 1 saturated heterocycles. The topological polar surface area (TPSA) is 60.9 Å². The number of likely N-dealkylation sites (N-methyl/N-ethyl adjacent to an activating group) is 1. The fourth-order valence-electron chi connectivity index (χ4n) is 3.30. The van der Waals surface area contributed by atoms with Crippen LogP contribution in [0, 0.1) is 0 Å². The molecule has 126 valence electrons. The largest absolute Gasteiger partial charge is 0.312 e. The number of nitrogens with zero attached hydrogens (tertiary/aromatic N) is 3. The number of hydrogen-bond acceptors (Lipinski definition) is 4. The molecule has 1 amide bonds. The van der Waals surface area contributed by atoms with Gasteiger partial charge in [0.1, 0.15) is 0 Å². The number of carbonyl (C=O) groups is 1. The number of benzene rings is 1. The smallest absolute Gasteiger partial charge is 0.243 e. The van der Waals surface area contributed by atoms with Crippen molar-refractivity contribution in [2.75, 3.05) is 44.2 Å². The van der Waals surface area contributed by atoms with Gasteiger partial charge < -0.3 is 9.80 Å². The van der Waals surface area contributed by atoms with E-state index in [0.29, 0.717) is 31.0 Å². The second-order valence-corrected chi connectivity index (χ2v) is 7.99. The van der Waals surface area contributed by atoms with Crippen LogP contribution < -0.4 is 4.90 Å². The average Bonchev–Trinajstić information content (AvgIpc) is 2.98. The van der Waals surface area contributed by atoms with Gasteiger partial charge >= 0.3 is 0 Å². The van der Waals surface area contributed by atoms with Crippen molar-refractivity contribution in [3.8, 4) is 0 Å². The van der Waals surface area contributed by atoms with Gasteiger partial charge in [0.25, 0.3) is 0 Å². The molecule has 1 aromatic rings. The number of anilines is 1. The van der Waals surface area contributed by atoms with Crippen molar-refractivity contribution in [1.29, 1.82) is 0 Å². The van der Waals surface area contributed by atoms with Crippen molar-refractivity contribution in [3.63, 3.8) is 0 Å². The molecule has 0 bridgehead atoms. The maximum atomic E-state index is 12.8. The van der Waals surface area contributed by atoms with Crippen molar-refractivity contribution in [2.45, 2.75) is 25.2 Å². The Bertz CT molecular complexity index is 709. The summed E-state index contributed by atoms with van der Waals surface area (Å²) in [6.45, 7) is 7.83. The zero-order chi connectivity index (χ0) is 16.6. The Labute approximate surface area is 137 Å². The molecule has 0 saturated carbocycles. The number of carbonyl (C=O) groups excluding carboxylic acids is 1. The summed E-state index contributed by atoms with van der Waals surface area (Å²) < 4.78 is 27.2. The lowest BCUT2D eigenvalue weighted by atomic mass is 10.2. The number of sulfonamides is 1. The zero-order valence-corrected chi connectivity index (χ0v) is 14.5. The minimum atomic E-state index is -3.45. The lowest BCUT2D eigenvalue weighted by molar-refractivity contribution is -0.116. The number of amides is 1. The Morgan fingerprint density at radius 3 is 2.43 bits per heavy atom. The summed E-state index contributed by atoms with van der Waals surface area (Å²) in [4.78, 5) is 15.9. The van der Waals surface area contributed by atoms with E-state index < -0.39 is 10.0 Å². The van der Waals surface area contributed by atoms with Crippen LogP contribution in [0.15, 0.2) is 23.1 Å². The Hall–Kier alpha value is -1.44. The molecule has 0 aromatic heterocycles. The van der Waals surface area contributed by atoms with Gasteiger partial charge in [0.15, 0.2) is 0 Å². The summed E-state index contributed by atoms with van der Waals surface area (Å²) in [5.74, 6) is -0.00459. The van der Waals surface area contributed by atoms with Gasteiger partial charge in [-0.05, 0) is 36.7 Å². The van der Waals surface area contributed by atoms with Crippen LogP contribution in [0.4, 0.5) is 5.69 Å². The molecule has 0 spiro atoms. The maximum Gasteiger partial charge on any atom is 0.243 e. The molecule has 3 rings (SSSR count). The van der Waals surface area contributed by atoms with Crippen molar-refractivity contribution in [3.05, 3.63) is 23.8 Å². The highest BCUT2D eigenvalue weighted by molar-refractivity contribution is 7.89. The summed E-state index contributed by atoms with van der Waals surface area (Å²) in [6, 6.07) is 5.13. The highest BCUT2D eigenvalue weighted by Gasteiger charge is 2.30. The van der Waals surface area contributed by atoms with Crippen molar-refractivity contribution in [2.24, 2.45) is 0 Å². The third-order valence-electron chi connectivity index (χ3n) is 4.74. The van der Waals surface area contributed by atoms with Crippen LogP contribution >= 0.6 is 0 Å². The van der Waals surface area contributed by atoms with Crippen molar-refractivity contribution >= 4 is 21.6 Å². The highest BCUT2D eigenvalue weighted by atomic mass is 32.2. The molecule has 2 aliphatic heterocycles. The first-order chi connectivity index (χ1) is 10.9. The minimum Gasteiger partial charge on any atom is -0.312 e. The van der Waals surface area contributed by atoms with Crippen LogP contribution in [0.25, 0.3) is 0 Å². The Morgan fingerprint density at radius 1 is 1.13 bits per heavy atom. The van der Waals surface area contributed by atoms with Crippen molar-refractivity contribution < 1.29 is 13.2 Å². The third kappa shape index (κ3) is 3.00. The van der Waals surface area contributed by atoms with E-state index in [2.05, 4.69) is 11.8 Å². The molecule has 0 atom stereocenters. The number of rotatable bonds is 3. The predicted octanol–water partition coefficient (Wildman–Crippen LogP) is 0.922. The molecule has 2 aliphatic rings. The molecule has 2 heterocycles. The van der Waals surface area contributed by atoms with E-state index in [1.54, 1.807) is 27.4 Å². The standard InChI is InChI=1S/C16H23N3O3S/c1-3-17-8-10-18(11-9-17)23(21,22)15-4-5-16-14(12-15)6-7-19(16)13(2)20/h4-5,12H,3,6-11H2,1-2H3. The van der Waals surface area contributed by atoms with Gasteiger partial charge in [0.2, 0.25) is 15.9 Å². The fourth-order valence-corrected chi connectivity index (χ4v) is 4.77. The minimum absolute atomic E-state index is 0.00459. The van der Waals surface area contributed by atoms with Gasteiger partial charge in [0.05, 0.1) is 4.90 Å². The molecule has 23 heavy (non-hydrogen) atoms. The molecule has 0 unspecified atom stereocenters. The Balaban J connectivity index is 1.83. The lowest BCUT2D eigenvalue weighted by Gasteiger charge is -2.33. The van der Waals surface area contributed by atoms with Crippen molar-refractivity contribution in [1.82, 2.24) is 9.21 Å². The van der Waals surface area contributed by atoms with Crippen LogP contribution in [0.3, 0.4) is 0 Å². The first-order valence-electron chi connectivity index (χ1n) is 8.07. The second-order valence-electron chi connectivity index (χ2n) is 6.05. The molecular formula is C16H23N3O3S. The Kier molecular flexibility index (Phi) is 4.44. The van der Waals surface area contributed by atoms with Crippen LogP contribution in [-0.4, -0.2) is 62.8 Å². The van der Waals surface area contributed by atoms with E-state index in [0.717, 1.165) is 30.9 Å². The molecule has 6 nitrogen and oxygen atoms in total. The SMILES string of the molecule is CCN1CCN(S(=O)(=O)c2ccc3c(c2)CCN3C(C)=O)CC1.